The lowest BCUT2D eigenvalue weighted by molar-refractivity contribution is 0.596. The monoisotopic (exact) mass is 755 g/mol. The number of fused-ring (bicyclic) bond motifs is 6. The van der Waals surface area contributed by atoms with Crippen LogP contribution in [0, 0.1) is 0 Å². The van der Waals surface area contributed by atoms with Gasteiger partial charge < -0.3 is 8.98 Å². The summed E-state index contributed by atoms with van der Waals surface area (Å²) >= 11 is 0. The molecule has 2 aromatic heterocycles. The maximum Gasteiger partial charge on any atom is 0.142 e. The summed E-state index contributed by atoms with van der Waals surface area (Å²) in [4.78, 5) is 0. The van der Waals surface area contributed by atoms with Crippen LogP contribution < -0.4 is 0 Å². The fourth-order valence-electron chi connectivity index (χ4n) is 9.57. The van der Waals surface area contributed by atoms with Crippen molar-refractivity contribution in [2.45, 2.75) is 20.3 Å². The number of aryl methyl sites for hydroxylation is 1. The lowest BCUT2D eigenvalue weighted by atomic mass is 9.86. The van der Waals surface area contributed by atoms with E-state index in [9.17, 15) is 0 Å². The van der Waals surface area contributed by atoms with Gasteiger partial charge in [0.2, 0.25) is 0 Å². The minimum atomic E-state index is 0.862. The van der Waals surface area contributed by atoms with E-state index >= 15 is 0 Å². The molecule has 0 fully saturated rings. The minimum absolute atomic E-state index is 0.862. The first kappa shape index (κ1) is 34.8. The van der Waals surface area contributed by atoms with Gasteiger partial charge >= 0.3 is 0 Å². The Morgan fingerprint density at radius 2 is 1.02 bits per heavy atom. The first-order chi connectivity index (χ1) is 29.2. The van der Waals surface area contributed by atoms with Crippen LogP contribution in [0.25, 0.3) is 99.0 Å². The molecular formula is C57H41NO. The van der Waals surface area contributed by atoms with Crippen LogP contribution in [-0.2, 0) is 6.42 Å². The molecule has 11 aromatic rings. The Bertz CT molecular complexity index is 3400. The van der Waals surface area contributed by atoms with Gasteiger partial charge in [-0.1, -0.05) is 183 Å². The Labute approximate surface area is 343 Å². The smallest absolute Gasteiger partial charge is 0.142 e. The summed E-state index contributed by atoms with van der Waals surface area (Å²) in [6.07, 6.45) is 3.08. The van der Waals surface area contributed by atoms with E-state index in [1.165, 1.54) is 71.0 Å². The van der Waals surface area contributed by atoms with Crippen molar-refractivity contribution in [2.75, 3.05) is 0 Å². The Kier molecular flexibility index (Phi) is 8.37. The normalized spacial score (nSPS) is 12.1. The van der Waals surface area contributed by atoms with Crippen molar-refractivity contribution in [2.24, 2.45) is 0 Å². The van der Waals surface area contributed by atoms with Crippen molar-refractivity contribution in [1.82, 2.24) is 4.57 Å². The highest BCUT2D eigenvalue weighted by atomic mass is 16.3. The highest BCUT2D eigenvalue weighted by Crippen LogP contribution is 2.46. The van der Waals surface area contributed by atoms with E-state index in [0.717, 1.165) is 51.2 Å². The molecule has 2 nitrogen and oxygen atoms in total. The molecule has 2 heterocycles. The quantitative estimate of drug-likeness (QED) is 0.148. The Hall–Kier alpha value is -7.42. The molecule has 0 aliphatic heterocycles. The number of hydrogen-bond donors (Lipinski definition) is 0. The molecule has 9 aromatic carbocycles. The average molecular weight is 756 g/mol. The van der Waals surface area contributed by atoms with E-state index in [0.29, 0.717) is 0 Å². The van der Waals surface area contributed by atoms with E-state index < -0.39 is 0 Å². The molecule has 0 radical (unpaired) electrons. The fourth-order valence-corrected chi connectivity index (χ4v) is 9.57. The number of nitrogens with zero attached hydrogens (tertiary/aromatic N) is 1. The van der Waals surface area contributed by atoms with E-state index in [1.807, 2.05) is 0 Å². The first-order valence-corrected chi connectivity index (χ1v) is 20.6. The zero-order valence-electron chi connectivity index (χ0n) is 33.1. The second-order valence-electron chi connectivity index (χ2n) is 15.4. The topological polar surface area (TPSA) is 18.1 Å². The number of allylic oxidation sites excluding steroid dienone is 1. The molecule has 0 aliphatic carbocycles. The number of aromatic nitrogens is 1. The second-order valence-corrected chi connectivity index (χ2v) is 15.4. The van der Waals surface area contributed by atoms with E-state index in [4.69, 9.17) is 4.42 Å². The van der Waals surface area contributed by atoms with Crippen LogP contribution >= 0.6 is 0 Å². The largest absolute Gasteiger partial charge is 0.455 e. The maximum atomic E-state index is 6.98. The van der Waals surface area contributed by atoms with Crippen LogP contribution in [0.1, 0.15) is 30.7 Å². The van der Waals surface area contributed by atoms with Gasteiger partial charge in [-0.3, -0.25) is 0 Å². The number of rotatable bonds is 7. The van der Waals surface area contributed by atoms with Crippen molar-refractivity contribution < 1.29 is 4.42 Å². The van der Waals surface area contributed by atoms with E-state index in [2.05, 4.69) is 219 Å². The van der Waals surface area contributed by atoms with Crippen molar-refractivity contribution >= 4 is 59.9 Å². The number of furan rings is 1. The Morgan fingerprint density at radius 3 is 1.68 bits per heavy atom. The highest BCUT2D eigenvalue weighted by Gasteiger charge is 2.23. The van der Waals surface area contributed by atoms with Crippen LogP contribution in [0.4, 0.5) is 0 Å². The van der Waals surface area contributed by atoms with Gasteiger partial charge in [0.15, 0.2) is 0 Å². The Morgan fingerprint density at radius 1 is 0.475 bits per heavy atom. The van der Waals surface area contributed by atoms with E-state index in [-0.39, 0.29) is 0 Å². The van der Waals surface area contributed by atoms with Gasteiger partial charge in [-0.2, -0.15) is 0 Å². The lowest BCUT2D eigenvalue weighted by Gasteiger charge is -2.19. The molecule has 0 amide bonds. The van der Waals surface area contributed by atoms with Crippen molar-refractivity contribution in [3.63, 3.8) is 0 Å². The molecular weight excluding hydrogens is 715 g/mol. The molecule has 0 atom stereocenters. The lowest BCUT2D eigenvalue weighted by Crippen LogP contribution is -1.97. The van der Waals surface area contributed by atoms with Crippen LogP contribution in [0.15, 0.2) is 205 Å². The summed E-state index contributed by atoms with van der Waals surface area (Å²) in [5.74, 6) is 0.939. The third kappa shape index (κ3) is 5.56. The van der Waals surface area contributed by atoms with Gasteiger partial charge in [0, 0.05) is 38.5 Å². The van der Waals surface area contributed by atoms with Gasteiger partial charge in [-0.15, -0.1) is 0 Å². The molecule has 59 heavy (non-hydrogen) atoms. The average Bonchev–Trinajstić information content (AvgIpc) is 3.84. The van der Waals surface area contributed by atoms with Gasteiger partial charge in [-0.05, 0) is 92.5 Å². The second kappa shape index (κ2) is 14.2. The third-order valence-electron chi connectivity index (χ3n) is 12.2. The highest BCUT2D eigenvalue weighted by molar-refractivity contribution is 6.22. The van der Waals surface area contributed by atoms with Gasteiger partial charge in [0.05, 0.1) is 11.0 Å². The predicted octanol–water partition coefficient (Wildman–Crippen LogP) is 15.9. The zero-order valence-corrected chi connectivity index (χ0v) is 33.1. The minimum Gasteiger partial charge on any atom is -0.455 e. The Balaban J connectivity index is 1.16. The predicted molar refractivity (Wildman–Crippen MR) is 250 cm³/mol. The zero-order chi connectivity index (χ0) is 39.5. The summed E-state index contributed by atoms with van der Waals surface area (Å²) in [5, 5.41) is 8.59. The van der Waals surface area contributed by atoms with Crippen molar-refractivity contribution in [1.29, 1.82) is 0 Å². The number of hydrogen-bond acceptors (Lipinski definition) is 1. The molecule has 280 valence electrons. The molecule has 11 rings (SSSR count). The van der Waals surface area contributed by atoms with Crippen LogP contribution in [0.5, 0.6) is 0 Å². The number of para-hydroxylation sites is 2. The molecule has 0 saturated carbocycles. The fraction of sp³-hybridized carbons (Fsp3) is 0.0526. The third-order valence-corrected chi connectivity index (χ3v) is 12.2. The summed E-state index contributed by atoms with van der Waals surface area (Å²) in [6, 6.07) is 70.5. The van der Waals surface area contributed by atoms with Crippen molar-refractivity contribution in [3.05, 3.63) is 217 Å². The maximum absolute atomic E-state index is 6.98. The SMILES string of the molecule is CC=C(c1ccc2c3ccccc3n(-c3ccc4c(-c5ccccc5)c5ccccc5c(-c5ccccc5)c4c3)c2c1)c1oc2c(-c3ccccc3)cccc2c1CC. The molecule has 0 bridgehead atoms. The standard InChI is InChI=1S/C57H41NO/c1-3-42(56-43(4-2)50-29-18-28-44(57(50)59-56)37-19-8-5-9-20-37)40-31-33-46-45-25-16-17-30-52(45)58(53(46)35-40)41-32-34-49-51(36-41)55(39-23-12-7-13-24-39)48-27-15-14-26-47(48)54(49)38-21-10-6-11-22-38/h3,5-36H,4H2,1-2H3. The van der Waals surface area contributed by atoms with Crippen LogP contribution in [0.3, 0.4) is 0 Å². The summed E-state index contributed by atoms with van der Waals surface area (Å²) in [7, 11) is 0. The molecule has 2 heteroatoms. The van der Waals surface area contributed by atoms with Crippen LogP contribution in [-0.4, -0.2) is 4.57 Å². The molecule has 0 unspecified atom stereocenters. The summed E-state index contributed by atoms with van der Waals surface area (Å²) in [6.45, 7) is 4.36. The summed E-state index contributed by atoms with van der Waals surface area (Å²) in [5.41, 5.74) is 15.1. The number of benzene rings is 9. The molecule has 0 aliphatic rings. The first-order valence-electron chi connectivity index (χ1n) is 20.6. The van der Waals surface area contributed by atoms with Gasteiger partial charge in [-0.25, -0.2) is 0 Å². The molecule has 0 saturated heterocycles. The van der Waals surface area contributed by atoms with E-state index in [1.54, 1.807) is 0 Å². The molecule has 0 N–H and O–H groups in total. The molecule has 0 spiro atoms. The van der Waals surface area contributed by atoms with Crippen LogP contribution in [0.2, 0.25) is 0 Å². The van der Waals surface area contributed by atoms with Gasteiger partial charge in [0.1, 0.15) is 11.3 Å². The summed E-state index contributed by atoms with van der Waals surface area (Å²) < 4.78 is 9.44. The van der Waals surface area contributed by atoms with Gasteiger partial charge in [0.25, 0.3) is 0 Å². The van der Waals surface area contributed by atoms with Crippen molar-refractivity contribution in [3.8, 4) is 39.1 Å².